The van der Waals surface area contributed by atoms with Gasteiger partial charge >= 0.3 is 0 Å². The molecule has 0 saturated heterocycles. The van der Waals surface area contributed by atoms with E-state index in [1.54, 1.807) is 18.5 Å². The minimum absolute atomic E-state index is 0.0719. The lowest BCUT2D eigenvalue weighted by Crippen LogP contribution is -2.22. The standard InChI is InChI=1S/C34H37FN6O/c1-6-40(7-2)22-28-16-23(10-13-36-28)24-12-15-41-30(21-38-32(41)18-24)26-9-8-25(29(35)17-26)19-33(42)39-31-20-27(11-14-37-31)34(3,4)5/h8-18,20-21H,6-7,19,22H2,1-5H3,(H,37,39,42). The summed E-state index contributed by atoms with van der Waals surface area (Å²) in [5.74, 6) is -0.302. The summed E-state index contributed by atoms with van der Waals surface area (Å²) in [7, 11) is 0. The molecule has 1 aromatic carbocycles. The molecule has 1 amide bonds. The Balaban J connectivity index is 1.32. The molecule has 4 heterocycles. The Hall–Kier alpha value is -4.43. The van der Waals surface area contributed by atoms with Crippen LogP contribution in [0, 0.1) is 5.82 Å². The lowest BCUT2D eigenvalue weighted by atomic mass is 9.88. The van der Waals surface area contributed by atoms with Gasteiger partial charge in [0.1, 0.15) is 17.3 Å². The van der Waals surface area contributed by atoms with Gasteiger partial charge in [0.05, 0.1) is 24.0 Å². The molecule has 4 aromatic heterocycles. The molecule has 5 aromatic rings. The van der Waals surface area contributed by atoms with Gasteiger partial charge in [0.15, 0.2) is 0 Å². The molecule has 5 rings (SSSR count). The lowest BCUT2D eigenvalue weighted by molar-refractivity contribution is -0.115. The van der Waals surface area contributed by atoms with E-state index in [1.807, 2.05) is 53.2 Å². The van der Waals surface area contributed by atoms with Gasteiger partial charge < -0.3 is 5.32 Å². The van der Waals surface area contributed by atoms with Crippen molar-refractivity contribution in [2.45, 2.75) is 53.0 Å². The molecule has 0 fully saturated rings. The van der Waals surface area contributed by atoms with Crippen LogP contribution in [0.25, 0.3) is 28.0 Å². The van der Waals surface area contributed by atoms with E-state index in [9.17, 15) is 4.79 Å². The first-order valence-corrected chi connectivity index (χ1v) is 14.3. The van der Waals surface area contributed by atoms with Crippen molar-refractivity contribution in [3.63, 3.8) is 0 Å². The summed E-state index contributed by atoms with van der Waals surface area (Å²) in [5, 5.41) is 2.80. The highest BCUT2D eigenvalue weighted by atomic mass is 19.1. The van der Waals surface area contributed by atoms with Gasteiger partial charge in [-0.2, -0.15) is 0 Å². The Morgan fingerprint density at radius 3 is 2.40 bits per heavy atom. The summed E-state index contributed by atoms with van der Waals surface area (Å²) in [6.45, 7) is 13.3. The van der Waals surface area contributed by atoms with Crippen molar-refractivity contribution < 1.29 is 9.18 Å². The van der Waals surface area contributed by atoms with Crippen molar-refractivity contribution in [3.05, 3.63) is 102 Å². The predicted octanol–water partition coefficient (Wildman–Crippen LogP) is 6.92. The molecule has 216 valence electrons. The number of pyridine rings is 3. The van der Waals surface area contributed by atoms with E-state index in [1.165, 1.54) is 6.07 Å². The fourth-order valence-corrected chi connectivity index (χ4v) is 4.97. The Morgan fingerprint density at radius 1 is 0.905 bits per heavy atom. The minimum Gasteiger partial charge on any atom is -0.310 e. The van der Waals surface area contributed by atoms with Gasteiger partial charge in [-0.15, -0.1) is 0 Å². The topological polar surface area (TPSA) is 75.4 Å². The maximum atomic E-state index is 15.2. The van der Waals surface area contributed by atoms with Crippen LogP contribution in [0.1, 0.15) is 51.4 Å². The van der Waals surface area contributed by atoms with E-state index >= 15 is 4.39 Å². The van der Waals surface area contributed by atoms with Crippen LogP contribution in [0.5, 0.6) is 0 Å². The molecule has 0 aliphatic heterocycles. The zero-order valence-corrected chi connectivity index (χ0v) is 24.9. The number of fused-ring (bicyclic) bond motifs is 1. The molecule has 0 bridgehead atoms. The third-order valence-electron chi connectivity index (χ3n) is 7.54. The van der Waals surface area contributed by atoms with Crippen LogP contribution in [0.3, 0.4) is 0 Å². The van der Waals surface area contributed by atoms with Crippen LogP contribution in [0.15, 0.2) is 79.4 Å². The maximum Gasteiger partial charge on any atom is 0.230 e. The van der Waals surface area contributed by atoms with Gasteiger partial charge in [-0.3, -0.25) is 19.1 Å². The van der Waals surface area contributed by atoms with Gasteiger partial charge in [0.25, 0.3) is 0 Å². The van der Waals surface area contributed by atoms with Crippen LogP contribution in [0.4, 0.5) is 10.2 Å². The molecule has 0 aliphatic rings. The van der Waals surface area contributed by atoms with Crippen LogP contribution in [-0.2, 0) is 23.2 Å². The van der Waals surface area contributed by atoms with E-state index in [0.29, 0.717) is 16.9 Å². The van der Waals surface area contributed by atoms with Crippen molar-refractivity contribution in [2.24, 2.45) is 0 Å². The van der Waals surface area contributed by atoms with Gasteiger partial charge in [-0.25, -0.2) is 14.4 Å². The van der Waals surface area contributed by atoms with Crippen molar-refractivity contribution >= 4 is 17.4 Å². The average molecular weight is 565 g/mol. The van der Waals surface area contributed by atoms with Crippen LogP contribution in [0.2, 0.25) is 0 Å². The van der Waals surface area contributed by atoms with Crippen LogP contribution < -0.4 is 5.32 Å². The maximum absolute atomic E-state index is 15.2. The van der Waals surface area contributed by atoms with E-state index in [-0.39, 0.29) is 17.7 Å². The number of carbonyl (C=O) groups excluding carboxylic acids is 1. The van der Waals surface area contributed by atoms with Crippen LogP contribution in [-0.4, -0.2) is 43.2 Å². The fourth-order valence-electron chi connectivity index (χ4n) is 4.97. The average Bonchev–Trinajstić information content (AvgIpc) is 3.40. The Morgan fingerprint density at radius 2 is 1.67 bits per heavy atom. The van der Waals surface area contributed by atoms with Crippen molar-refractivity contribution in [1.29, 1.82) is 0 Å². The number of rotatable bonds is 9. The number of benzene rings is 1. The molecule has 0 spiro atoms. The molecule has 1 N–H and O–H groups in total. The summed E-state index contributed by atoms with van der Waals surface area (Å²) >= 11 is 0. The third kappa shape index (κ3) is 6.55. The highest BCUT2D eigenvalue weighted by molar-refractivity contribution is 5.91. The molecule has 7 nitrogen and oxygen atoms in total. The number of imidazole rings is 1. The van der Waals surface area contributed by atoms with E-state index in [4.69, 9.17) is 0 Å². The Kier molecular flexibility index (Phi) is 8.45. The number of nitrogens with zero attached hydrogens (tertiary/aromatic N) is 5. The highest BCUT2D eigenvalue weighted by Crippen LogP contribution is 2.27. The van der Waals surface area contributed by atoms with Crippen molar-refractivity contribution in [1.82, 2.24) is 24.3 Å². The number of nitrogens with one attached hydrogen (secondary N) is 1. The smallest absolute Gasteiger partial charge is 0.230 e. The molecular weight excluding hydrogens is 527 g/mol. The van der Waals surface area contributed by atoms with E-state index in [0.717, 1.165) is 53.4 Å². The summed E-state index contributed by atoms with van der Waals surface area (Å²) in [6, 6.07) is 16.9. The molecule has 42 heavy (non-hydrogen) atoms. The fraction of sp³-hybridized carbons (Fsp3) is 0.294. The molecule has 0 saturated carbocycles. The molecule has 8 heteroatoms. The number of hydrogen-bond donors (Lipinski definition) is 1. The summed E-state index contributed by atoms with van der Waals surface area (Å²) in [4.78, 5) is 28.4. The summed E-state index contributed by atoms with van der Waals surface area (Å²) in [6.07, 6.45) is 7.12. The number of hydrogen-bond acceptors (Lipinski definition) is 5. The Labute approximate surface area is 246 Å². The molecular formula is C34H37FN6O. The molecule has 0 atom stereocenters. The first-order chi connectivity index (χ1) is 20.1. The quantitative estimate of drug-likeness (QED) is 0.210. The summed E-state index contributed by atoms with van der Waals surface area (Å²) < 4.78 is 17.1. The van der Waals surface area contributed by atoms with Gasteiger partial charge in [0, 0.05) is 30.7 Å². The number of anilines is 1. The first kappa shape index (κ1) is 29.1. The third-order valence-corrected chi connectivity index (χ3v) is 7.54. The monoisotopic (exact) mass is 564 g/mol. The van der Waals surface area contributed by atoms with Crippen LogP contribution >= 0.6 is 0 Å². The molecule has 0 aliphatic carbocycles. The van der Waals surface area contributed by atoms with E-state index < -0.39 is 5.82 Å². The zero-order valence-electron chi connectivity index (χ0n) is 24.9. The van der Waals surface area contributed by atoms with E-state index in [2.05, 4.69) is 65.9 Å². The SMILES string of the molecule is CCN(CC)Cc1cc(-c2ccn3c(-c4ccc(CC(=O)Nc5cc(C(C)(C)C)ccn5)c(F)c4)cnc3c2)ccn1. The lowest BCUT2D eigenvalue weighted by Gasteiger charge is -2.19. The van der Waals surface area contributed by atoms with Gasteiger partial charge in [-0.05, 0) is 83.2 Å². The predicted molar refractivity (Wildman–Crippen MR) is 166 cm³/mol. The van der Waals surface area contributed by atoms with Crippen molar-refractivity contribution in [2.75, 3.05) is 18.4 Å². The number of halogens is 1. The van der Waals surface area contributed by atoms with Crippen molar-refractivity contribution in [3.8, 4) is 22.4 Å². The Bertz CT molecular complexity index is 1720. The normalized spacial score (nSPS) is 11.8. The largest absolute Gasteiger partial charge is 0.310 e. The number of amides is 1. The number of carbonyl (C=O) groups is 1. The van der Waals surface area contributed by atoms with Gasteiger partial charge in [-0.1, -0.05) is 46.8 Å². The summed E-state index contributed by atoms with van der Waals surface area (Å²) in [5.41, 5.74) is 6.66. The zero-order chi connectivity index (χ0) is 29.9. The second-order valence-electron chi connectivity index (χ2n) is 11.5. The highest BCUT2D eigenvalue weighted by Gasteiger charge is 2.16. The number of aromatic nitrogens is 4. The second-order valence-corrected chi connectivity index (χ2v) is 11.5. The molecule has 0 radical (unpaired) electrons. The second kappa shape index (κ2) is 12.2. The minimum atomic E-state index is -0.442. The van der Waals surface area contributed by atoms with Gasteiger partial charge in [0.2, 0.25) is 5.91 Å². The first-order valence-electron chi connectivity index (χ1n) is 14.3. The molecule has 0 unspecified atom stereocenters.